The predicted octanol–water partition coefficient (Wildman–Crippen LogP) is 1.75. The Morgan fingerprint density at radius 2 is 2.10 bits per heavy atom. The van der Waals surface area contributed by atoms with Crippen molar-refractivity contribution in [1.82, 2.24) is 10.5 Å². The third-order valence-electron chi connectivity index (χ3n) is 2.12. The Morgan fingerprint density at radius 1 is 1.43 bits per heavy atom. The molecule has 0 fully saturated rings. The summed E-state index contributed by atoms with van der Waals surface area (Å²) >= 11 is 0. The molecule has 1 aromatic heterocycles. The molecule has 21 heavy (non-hydrogen) atoms. The summed E-state index contributed by atoms with van der Waals surface area (Å²) in [7, 11) is 1.23. The highest BCUT2D eigenvalue weighted by molar-refractivity contribution is 5.86. The first kappa shape index (κ1) is 16.8. The van der Waals surface area contributed by atoms with Crippen LogP contribution in [0.15, 0.2) is 10.6 Å². The highest BCUT2D eigenvalue weighted by Crippen LogP contribution is 2.12. The number of carbonyl (C=O) groups is 2. The molecule has 118 valence electrons. The van der Waals surface area contributed by atoms with E-state index < -0.39 is 17.7 Å². The number of esters is 1. The van der Waals surface area contributed by atoms with Crippen LogP contribution in [0.25, 0.3) is 0 Å². The van der Waals surface area contributed by atoms with Gasteiger partial charge in [0.25, 0.3) is 5.88 Å². The first-order chi connectivity index (χ1) is 9.71. The van der Waals surface area contributed by atoms with E-state index in [0.29, 0.717) is 0 Å². The molecule has 1 aromatic rings. The van der Waals surface area contributed by atoms with Crippen LogP contribution in [-0.2, 0) is 9.47 Å². The van der Waals surface area contributed by atoms with Crippen molar-refractivity contribution in [3.05, 3.63) is 11.8 Å². The maximum atomic E-state index is 11.5. The number of alkyl carbamates (subject to hydrolysis) is 1. The molecule has 1 heterocycles. The number of nitrogens with one attached hydrogen (secondary N) is 1. The second kappa shape index (κ2) is 6.96. The van der Waals surface area contributed by atoms with Crippen molar-refractivity contribution >= 4 is 12.1 Å². The van der Waals surface area contributed by atoms with Crippen LogP contribution in [0.2, 0.25) is 0 Å². The molecule has 8 heteroatoms. The lowest BCUT2D eigenvalue weighted by molar-refractivity contribution is 0.0490. The highest BCUT2D eigenvalue weighted by Gasteiger charge is 2.18. The number of ether oxygens (including phenoxy) is 3. The minimum Gasteiger partial charge on any atom is -0.473 e. The lowest BCUT2D eigenvalue weighted by Crippen LogP contribution is -2.40. The Labute approximate surface area is 122 Å². The normalized spacial score (nSPS) is 12.4. The maximum absolute atomic E-state index is 11.5. The summed E-state index contributed by atoms with van der Waals surface area (Å²) in [5.41, 5.74) is -0.563. The molecule has 0 unspecified atom stereocenters. The Hall–Kier alpha value is -2.25. The van der Waals surface area contributed by atoms with Crippen LogP contribution in [0, 0.1) is 0 Å². The van der Waals surface area contributed by atoms with Crippen molar-refractivity contribution in [3.63, 3.8) is 0 Å². The van der Waals surface area contributed by atoms with Crippen molar-refractivity contribution < 1.29 is 28.3 Å². The quantitative estimate of drug-likeness (QED) is 0.827. The Balaban J connectivity index is 2.39. The summed E-state index contributed by atoms with van der Waals surface area (Å²) in [6.07, 6.45) is -0.533. The number of carbonyl (C=O) groups excluding carboxylic acids is 2. The minimum atomic E-state index is -0.641. The van der Waals surface area contributed by atoms with Crippen molar-refractivity contribution in [2.24, 2.45) is 0 Å². The molecule has 1 amide bonds. The van der Waals surface area contributed by atoms with E-state index in [0.717, 1.165) is 0 Å². The van der Waals surface area contributed by atoms with E-state index in [1.165, 1.54) is 13.2 Å². The van der Waals surface area contributed by atoms with Crippen molar-refractivity contribution in [3.8, 4) is 5.88 Å². The Kier molecular flexibility index (Phi) is 5.57. The zero-order valence-corrected chi connectivity index (χ0v) is 12.8. The van der Waals surface area contributed by atoms with Gasteiger partial charge in [0, 0.05) is 0 Å². The topological polar surface area (TPSA) is 99.9 Å². The molecule has 0 bridgehead atoms. The van der Waals surface area contributed by atoms with Gasteiger partial charge in [-0.1, -0.05) is 0 Å². The molecule has 8 nitrogen and oxygen atoms in total. The molecule has 0 aliphatic rings. The summed E-state index contributed by atoms with van der Waals surface area (Å²) in [6, 6.07) is 1.00. The fourth-order valence-electron chi connectivity index (χ4n) is 1.28. The lowest BCUT2D eigenvalue weighted by atomic mass is 10.2. The predicted molar refractivity (Wildman–Crippen MR) is 72.2 cm³/mol. The lowest BCUT2D eigenvalue weighted by Gasteiger charge is -2.21. The zero-order valence-electron chi connectivity index (χ0n) is 12.8. The first-order valence-corrected chi connectivity index (χ1v) is 6.38. The van der Waals surface area contributed by atoms with Gasteiger partial charge >= 0.3 is 12.1 Å². The molecular formula is C13H20N2O6. The number of aromatic nitrogens is 1. The van der Waals surface area contributed by atoms with Gasteiger partial charge in [0.1, 0.15) is 12.2 Å². The second-order valence-electron chi connectivity index (χ2n) is 5.38. The standard InChI is InChI=1S/C13H20N2O6/c1-8(14-12(17)20-13(2,3)4)7-19-10-6-9(21-15-10)11(16)18-5/h6,8H,7H2,1-5H3,(H,14,17)/t8-/m0/s1. The number of amides is 1. The number of hydrogen-bond acceptors (Lipinski definition) is 7. The van der Waals surface area contributed by atoms with Gasteiger partial charge in [-0.2, -0.15) is 0 Å². The summed E-state index contributed by atoms with van der Waals surface area (Å²) < 4.78 is 19.6. The van der Waals surface area contributed by atoms with Crippen molar-refractivity contribution in [2.75, 3.05) is 13.7 Å². The average molecular weight is 300 g/mol. The Bertz CT molecular complexity index is 491. The third-order valence-corrected chi connectivity index (χ3v) is 2.12. The van der Waals surface area contributed by atoms with Crippen molar-refractivity contribution in [1.29, 1.82) is 0 Å². The molecule has 0 radical (unpaired) electrons. The fourth-order valence-corrected chi connectivity index (χ4v) is 1.28. The van der Waals surface area contributed by atoms with Gasteiger partial charge in [0.15, 0.2) is 0 Å². The van der Waals surface area contributed by atoms with Gasteiger partial charge in [-0.05, 0) is 32.9 Å². The van der Waals surface area contributed by atoms with Crippen LogP contribution in [0.3, 0.4) is 0 Å². The number of hydrogen-bond donors (Lipinski definition) is 1. The van der Waals surface area contributed by atoms with Gasteiger partial charge < -0.3 is 24.1 Å². The van der Waals surface area contributed by atoms with Gasteiger partial charge in [-0.15, -0.1) is 0 Å². The fraction of sp³-hybridized carbons (Fsp3) is 0.615. The number of nitrogens with zero attached hydrogens (tertiary/aromatic N) is 1. The molecule has 1 N–H and O–H groups in total. The van der Waals surface area contributed by atoms with E-state index in [2.05, 4.69) is 15.2 Å². The van der Waals surface area contributed by atoms with Gasteiger partial charge in [0.2, 0.25) is 5.76 Å². The van der Waals surface area contributed by atoms with Crippen LogP contribution < -0.4 is 10.1 Å². The van der Waals surface area contributed by atoms with Crippen LogP contribution in [0.5, 0.6) is 5.88 Å². The van der Waals surface area contributed by atoms with E-state index >= 15 is 0 Å². The first-order valence-electron chi connectivity index (χ1n) is 6.38. The van der Waals surface area contributed by atoms with Gasteiger partial charge in [-0.3, -0.25) is 0 Å². The largest absolute Gasteiger partial charge is 0.473 e. The third kappa shape index (κ3) is 6.15. The van der Waals surface area contributed by atoms with Gasteiger partial charge in [-0.25, -0.2) is 9.59 Å². The number of methoxy groups -OCH3 is 1. The molecule has 0 aromatic carbocycles. The molecule has 1 atom stereocenters. The van der Waals surface area contributed by atoms with E-state index in [9.17, 15) is 9.59 Å². The van der Waals surface area contributed by atoms with E-state index in [1.54, 1.807) is 27.7 Å². The minimum absolute atomic E-state index is 0.0553. The monoisotopic (exact) mass is 300 g/mol. The molecule has 0 saturated heterocycles. The van der Waals surface area contributed by atoms with Crippen LogP contribution in [0.4, 0.5) is 4.79 Å². The van der Waals surface area contributed by atoms with Crippen LogP contribution in [0.1, 0.15) is 38.2 Å². The molecule has 0 spiro atoms. The molecular weight excluding hydrogens is 280 g/mol. The Morgan fingerprint density at radius 3 is 2.67 bits per heavy atom. The highest BCUT2D eigenvalue weighted by atomic mass is 16.6. The van der Waals surface area contributed by atoms with Crippen LogP contribution in [-0.4, -0.2) is 42.6 Å². The smallest absolute Gasteiger partial charge is 0.407 e. The second-order valence-corrected chi connectivity index (χ2v) is 5.38. The summed E-state index contributed by atoms with van der Waals surface area (Å²) in [5.74, 6) is -0.564. The van der Waals surface area contributed by atoms with E-state index in [1.807, 2.05) is 0 Å². The maximum Gasteiger partial charge on any atom is 0.407 e. The summed E-state index contributed by atoms with van der Waals surface area (Å²) in [6.45, 7) is 7.21. The molecule has 0 aliphatic carbocycles. The van der Waals surface area contributed by atoms with Gasteiger partial charge in [0.05, 0.1) is 19.2 Å². The molecule has 0 saturated carbocycles. The van der Waals surface area contributed by atoms with E-state index in [4.69, 9.17) is 14.0 Å². The zero-order chi connectivity index (χ0) is 16.0. The SMILES string of the molecule is COC(=O)c1cc(OC[C@H](C)NC(=O)OC(C)(C)C)no1. The summed E-state index contributed by atoms with van der Waals surface area (Å²) in [5, 5.41) is 6.16. The van der Waals surface area contributed by atoms with Crippen molar-refractivity contribution in [2.45, 2.75) is 39.3 Å². The summed E-state index contributed by atoms with van der Waals surface area (Å²) in [4.78, 5) is 22.7. The average Bonchev–Trinajstić information content (AvgIpc) is 2.81. The molecule has 1 rings (SSSR count). The van der Waals surface area contributed by atoms with Crippen LogP contribution >= 0.6 is 0 Å². The number of rotatable bonds is 5. The van der Waals surface area contributed by atoms with E-state index in [-0.39, 0.29) is 24.3 Å². The molecule has 0 aliphatic heterocycles.